The predicted octanol–water partition coefficient (Wildman–Crippen LogP) is 4.33. The zero-order valence-corrected chi connectivity index (χ0v) is 21.6. The van der Waals surface area contributed by atoms with Crippen molar-refractivity contribution in [2.24, 2.45) is 5.92 Å². The smallest absolute Gasteiger partial charge is 0.231 e. The zero-order chi connectivity index (χ0) is 25.8. The Morgan fingerprint density at radius 2 is 1.89 bits per heavy atom. The van der Waals surface area contributed by atoms with Gasteiger partial charge in [0.2, 0.25) is 11.8 Å². The number of likely N-dealkylation sites (N-methyl/N-ethyl adjacent to an activating group) is 1. The molecule has 194 valence electrons. The highest BCUT2D eigenvalue weighted by Crippen LogP contribution is 2.27. The van der Waals surface area contributed by atoms with Crippen molar-refractivity contribution in [3.63, 3.8) is 0 Å². The van der Waals surface area contributed by atoms with Gasteiger partial charge < -0.3 is 19.5 Å². The molecule has 2 aliphatic heterocycles. The van der Waals surface area contributed by atoms with Crippen LogP contribution in [0, 0.1) is 5.92 Å². The number of hydrogen-bond donors (Lipinski definition) is 1. The maximum atomic E-state index is 12.9. The van der Waals surface area contributed by atoms with Crippen molar-refractivity contribution >= 4 is 34.9 Å². The molecule has 2 atom stereocenters. The molecule has 5 rings (SSSR count). The lowest BCUT2D eigenvalue weighted by atomic mass is 10.1. The third kappa shape index (κ3) is 6.39. The fraction of sp³-hybridized carbons (Fsp3) is 0.393. The van der Waals surface area contributed by atoms with E-state index < -0.39 is 5.92 Å². The Bertz CT molecular complexity index is 1220. The number of benzene rings is 2. The zero-order valence-electron chi connectivity index (χ0n) is 20.9. The first-order valence-corrected chi connectivity index (χ1v) is 13.0. The monoisotopic (exact) mass is 522 g/mol. The van der Waals surface area contributed by atoms with Crippen molar-refractivity contribution in [1.29, 1.82) is 0 Å². The third-order valence-electron chi connectivity index (χ3n) is 7.09. The van der Waals surface area contributed by atoms with Crippen LogP contribution in [0.1, 0.15) is 29.7 Å². The molecular formula is C28H31ClN4O4. The summed E-state index contributed by atoms with van der Waals surface area (Å²) in [5, 5.41) is 7.48. The van der Waals surface area contributed by atoms with Crippen molar-refractivity contribution in [2.45, 2.75) is 38.3 Å². The van der Waals surface area contributed by atoms with E-state index in [0.717, 1.165) is 43.9 Å². The van der Waals surface area contributed by atoms with Crippen molar-refractivity contribution in [3.8, 4) is 0 Å². The molecule has 0 spiro atoms. The molecular weight excluding hydrogens is 492 g/mol. The Hall–Kier alpha value is -3.20. The van der Waals surface area contributed by atoms with Crippen molar-refractivity contribution in [2.75, 3.05) is 37.0 Å². The molecule has 37 heavy (non-hydrogen) atoms. The molecule has 2 aromatic carbocycles. The summed E-state index contributed by atoms with van der Waals surface area (Å²) in [5.74, 6) is 0.306. The molecule has 1 N–H and O–H groups in total. The van der Waals surface area contributed by atoms with Gasteiger partial charge in [-0.3, -0.25) is 14.5 Å². The second-order valence-corrected chi connectivity index (χ2v) is 10.2. The van der Waals surface area contributed by atoms with E-state index in [1.165, 1.54) is 5.56 Å². The summed E-state index contributed by atoms with van der Waals surface area (Å²) >= 11 is 5.93. The van der Waals surface area contributed by atoms with E-state index in [2.05, 4.69) is 22.4 Å². The van der Waals surface area contributed by atoms with Gasteiger partial charge in [-0.25, -0.2) is 0 Å². The molecule has 2 fully saturated rings. The average Bonchev–Trinajstić information content (AvgIpc) is 3.66. The maximum Gasteiger partial charge on any atom is 0.231 e. The number of hydrogen-bond acceptors (Lipinski definition) is 6. The Kier molecular flexibility index (Phi) is 7.88. The summed E-state index contributed by atoms with van der Waals surface area (Å²) in [6.07, 6.45) is 2.65. The van der Waals surface area contributed by atoms with E-state index in [1.807, 2.05) is 48.5 Å². The van der Waals surface area contributed by atoms with Crippen LogP contribution in [-0.2, 0) is 33.7 Å². The first kappa shape index (κ1) is 25.4. The second kappa shape index (κ2) is 11.5. The van der Waals surface area contributed by atoms with E-state index in [0.29, 0.717) is 35.6 Å². The molecule has 3 heterocycles. The van der Waals surface area contributed by atoms with Gasteiger partial charge in [-0.05, 0) is 55.3 Å². The van der Waals surface area contributed by atoms with Crippen LogP contribution in [0.15, 0.2) is 59.1 Å². The number of ether oxygens (including phenoxy) is 1. The van der Waals surface area contributed by atoms with E-state index >= 15 is 0 Å². The summed E-state index contributed by atoms with van der Waals surface area (Å²) in [5.41, 5.74) is 3.12. The molecule has 2 aliphatic rings. The summed E-state index contributed by atoms with van der Waals surface area (Å²) in [6, 6.07) is 17.8. The highest BCUT2D eigenvalue weighted by Gasteiger charge is 2.35. The number of amides is 2. The van der Waals surface area contributed by atoms with Crippen LogP contribution in [0.2, 0.25) is 5.02 Å². The number of aromatic nitrogens is 1. The Morgan fingerprint density at radius 3 is 2.62 bits per heavy atom. The Labute approximate surface area is 221 Å². The van der Waals surface area contributed by atoms with Crippen LogP contribution in [0.3, 0.4) is 0 Å². The number of carbonyl (C=O) groups is 2. The minimum atomic E-state index is -0.449. The fourth-order valence-electron chi connectivity index (χ4n) is 4.84. The first-order valence-electron chi connectivity index (χ1n) is 12.6. The van der Waals surface area contributed by atoms with Gasteiger partial charge >= 0.3 is 0 Å². The number of nitrogens with one attached hydrogen (secondary N) is 1. The van der Waals surface area contributed by atoms with Crippen molar-refractivity contribution in [1.82, 2.24) is 10.1 Å². The predicted molar refractivity (Wildman–Crippen MR) is 142 cm³/mol. The molecule has 2 saturated heterocycles. The largest absolute Gasteiger partial charge is 0.380 e. The molecule has 3 aromatic rings. The number of anilines is 2. The second-order valence-electron chi connectivity index (χ2n) is 9.80. The Morgan fingerprint density at radius 1 is 1.14 bits per heavy atom. The van der Waals surface area contributed by atoms with Crippen LogP contribution in [0.5, 0.6) is 0 Å². The molecule has 2 amide bonds. The van der Waals surface area contributed by atoms with Crippen molar-refractivity contribution in [3.05, 3.63) is 76.5 Å². The standard InChI is InChI=1S/C28H31ClN4O4/c1-32(24-12-13-36-18-24)16-20-4-9-23(10-5-20)33-17-21(14-27(33)34)28(35)30-26-15-25(37-31-26)11-6-19-2-7-22(29)8-3-19/h2-5,7-10,15,21,24H,6,11-14,16-18H2,1H3,(H,30,31,35)/t21-,24?/m0/s1. The van der Waals surface area contributed by atoms with E-state index in [-0.39, 0.29) is 18.2 Å². The molecule has 9 heteroatoms. The topological polar surface area (TPSA) is 87.9 Å². The quantitative estimate of drug-likeness (QED) is 0.450. The van der Waals surface area contributed by atoms with E-state index in [9.17, 15) is 9.59 Å². The van der Waals surface area contributed by atoms with Crippen LogP contribution in [0.4, 0.5) is 11.5 Å². The van der Waals surface area contributed by atoms with Gasteiger partial charge in [0.25, 0.3) is 0 Å². The van der Waals surface area contributed by atoms with Gasteiger partial charge in [-0.1, -0.05) is 41.0 Å². The third-order valence-corrected chi connectivity index (χ3v) is 7.34. The maximum absolute atomic E-state index is 12.9. The van der Waals surface area contributed by atoms with Gasteiger partial charge in [0.05, 0.1) is 12.5 Å². The fourth-order valence-corrected chi connectivity index (χ4v) is 4.96. The summed E-state index contributed by atoms with van der Waals surface area (Å²) in [4.78, 5) is 29.5. The molecule has 1 aromatic heterocycles. The molecule has 0 aliphatic carbocycles. The number of aryl methyl sites for hydroxylation is 2. The van der Waals surface area contributed by atoms with Gasteiger partial charge in [0, 0.05) is 55.4 Å². The number of rotatable bonds is 9. The lowest BCUT2D eigenvalue weighted by Crippen LogP contribution is -2.31. The van der Waals surface area contributed by atoms with Crippen molar-refractivity contribution < 1.29 is 18.8 Å². The number of halogens is 1. The van der Waals surface area contributed by atoms with Crippen LogP contribution < -0.4 is 10.2 Å². The highest BCUT2D eigenvalue weighted by molar-refractivity contribution is 6.30. The normalized spacial score (nSPS) is 19.6. The molecule has 1 unspecified atom stereocenters. The van der Waals surface area contributed by atoms with Gasteiger partial charge in [-0.15, -0.1) is 0 Å². The summed E-state index contributed by atoms with van der Waals surface area (Å²) < 4.78 is 10.9. The van der Waals surface area contributed by atoms with E-state index in [1.54, 1.807) is 11.0 Å². The Balaban J connectivity index is 1.12. The average molecular weight is 523 g/mol. The first-order chi connectivity index (χ1) is 17.9. The van der Waals surface area contributed by atoms with Crippen LogP contribution >= 0.6 is 11.6 Å². The van der Waals surface area contributed by atoms with Gasteiger partial charge in [-0.2, -0.15) is 0 Å². The molecule has 0 radical (unpaired) electrons. The minimum absolute atomic E-state index is 0.0584. The highest BCUT2D eigenvalue weighted by atomic mass is 35.5. The van der Waals surface area contributed by atoms with E-state index in [4.69, 9.17) is 20.9 Å². The minimum Gasteiger partial charge on any atom is -0.380 e. The van der Waals surface area contributed by atoms with Gasteiger partial charge in [0.15, 0.2) is 5.82 Å². The number of nitrogens with zero attached hydrogens (tertiary/aromatic N) is 3. The summed E-state index contributed by atoms with van der Waals surface area (Å²) in [7, 11) is 2.11. The lowest BCUT2D eigenvalue weighted by molar-refractivity contribution is -0.122. The molecule has 0 bridgehead atoms. The number of carbonyl (C=O) groups excluding carboxylic acids is 2. The van der Waals surface area contributed by atoms with Gasteiger partial charge in [0.1, 0.15) is 5.76 Å². The summed E-state index contributed by atoms with van der Waals surface area (Å²) in [6.45, 7) is 2.76. The van der Waals surface area contributed by atoms with Crippen LogP contribution in [-0.4, -0.2) is 54.7 Å². The SMILES string of the molecule is CN(Cc1ccc(N2C[C@@H](C(=O)Nc3cc(CCc4ccc(Cl)cc4)on3)CC2=O)cc1)C1CCOC1. The van der Waals surface area contributed by atoms with Crippen LogP contribution in [0.25, 0.3) is 0 Å². The molecule has 0 saturated carbocycles. The lowest BCUT2D eigenvalue weighted by Gasteiger charge is -2.23. The molecule has 8 nitrogen and oxygen atoms in total.